The summed E-state index contributed by atoms with van der Waals surface area (Å²) in [5, 5.41) is 24.9. The van der Waals surface area contributed by atoms with Crippen molar-refractivity contribution in [3.63, 3.8) is 0 Å². The van der Waals surface area contributed by atoms with Crippen LogP contribution in [0.2, 0.25) is 0 Å². The average molecular weight is 453 g/mol. The summed E-state index contributed by atoms with van der Waals surface area (Å²) >= 11 is 0. The van der Waals surface area contributed by atoms with E-state index in [1.165, 1.54) is 0 Å². The van der Waals surface area contributed by atoms with Crippen molar-refractivity contribution in [1.29, 1.82) is 0 Å². The second kappa shape index (κ2) is 8.20. The zero-order valence-corrected chi connectivity index (χ0v) is 18.4. The first-order valence-electron chi connectivity index (χ1n) is 11.2. The van der Waals surface area contributed by atoms with Gasteiger partial charge in [0.1, 0.15) is 5.57 Å². The molecule has 0 spiro atoms. The third-order valence-electron chi connectivity index (χ3n) is 6.84. The molecule has 3 N–H and O–H groups in total. The molecule has 6 rings (SSSR count). The molecule has 3 saturated heterocycles. The lowest BCUT2D eigenvalue weighted by molar-refractivity contribution is -0.145. The third-order valence-corrected chi connectivity index (χ3v) is 6.84. The molecule has 0 radical (unpaired) electrons. The number of nitrogens with one attached hydrogen (secondary N) is 1. The minimum Gasteiger partial charge on any atom is -0.478 e. The van der Waals surface area contributed by atoms with E-state index in [-0.39, 0.29) is 11.9 Å². The van der Waals surface area contributed by atoms with Crippen molar-refractivity contribution < 1.29 is 24.5 Å². The fourth-order valence-corrected chi connectivity index (χ4v) is 5.15. The Hall–Kier alpha value is -3.37. The SMILES string of the molecule is CCn1ccc2ccc(C3=NNC(C(=CC(=O)O)C(=O)O)(N4CCN5CCC4CC5)O3)cc21. The van der Waals surface area contributed by atoms with Gasteiger partial charge in [-0.1, -0.05) is 6.07 Å². The first-order valence-corrected chi connectivity index (χ1v) is 11.2. The number of fused-ring (bicyclic) bond motifs is 5. The zero-order chi connectivity index (χ0) is 23.2. The molecule has 3 fully saturated rings. The highest BCUT2D eigenvalue weighted by Crippen LogP contribution is 2.36. The number of benzene rings is 1. The predicted molar refractivity (Wildman–Crippen MR) is 121 cm³/mol. The number of hydrogen-bond acceptors (Lipinski definition) is 7. The molecule has 0 amide bonds. The molecule has 4 aliphatic rings. The van der Waals surface area contributed by atoms with E-state index in [1.807, 2.05) is 35.4 Å². The fourth-order valence-electron chi connectivity index (χ4n) is 5.15. The maximum atomic E-state index is 12.3. The Labute approximate surface area is 190 Å². The topological polar surface area (TPSA) is 120 Å². The monoisotopic (exact) mass is 453 g/mol. The van der Waals surface area contributed by atoms with Gasteiger partial charge in [-0.3, -0.25) is 0 Å². The maximum Gasteiger partial charge on any atom is 0.339 e. The fraction of sp³-hybridized carbons (Fsp3) is 0.435. The van der Waals surface area contributed by atoms with Crippen molar-refractivity contribution in [2.45, 2.75) is 38.2 Å². The summed E-state index contributed by atoms with van der Waals surface area (Å²) in [4.78, 5) is 28.1. The number of carbonyl (C=O) groups is 2. The van der Waals surface area contributed by atoms with E-state index in [0.717, 1.165) is 49.9 Å². The molecule has 1 aromatic carbocycles. The molecule has 1 atom stereocenters. The van der Waals surface area contributed by atoms with Crippen LogP contribution in [0.5, 0.6) is 0 Å². The summed E-state index contributed by atoms with van der Waals surface area (Å²) in [6, 6.07) is 7.87. The molecular formula is C23H27N5O5. The summed E-state index contributed by atoms with van der Waals surface area (Å²) < 4.78 is 8.43. The van der Waals surface area contributed by atoms with Crippen LogP contribution in [0.15, 0.2) is 47.2 Å². The molecule has 0 saturated carbocycles. The lowest BCUT2D eigenvalue weighted by Crippen LogP contribution is -2.63. The van der Waals surface area contributed by atoms with E-state index in [1.54, 1.807) is 0 Å². The summed E-state index contributed by atoms with van der Waals surface area (Å²) in [6.45, 7) is 5.97. The highest BCUT2D eigenvalue weighted by Gasteiger charge is 2.54. The maximum absolute atomic E-state index is 12.3. The molecule has 10 heteroatoms. The van der Waals surface area contributed by atoms with Crippen LogP contribution < -0.4 is 5.43 Å². The number of hydrogen-bond donors (Lipinski definition) is 3. The van der Waals surface area contributed by atoms with Gasteiger partial charge >= 0.3 is 11.9 Å². The molecule has 1 aromatic heterocycles. The molecular weight excluding hydrogens is 426 g/mol. The molecule has 0 aliphatic carbocycles. The number of carboxylic acids is 2. The van der Waals surface area contributed by atoms with Crippen molar-refractivity contribution in [2.75, 3.05) is 26.2 Å². The van der Waals surface area contributed by atoms with E-state index in [9.17, 15) is 19.8 Å². The van der Waals surface area contributed by atoms with Crippen molar-refractivity contribution in [3.8, 4) is 0 Å². The van der Waals surface area contributed by atoms with Gasteiger partial charge < -0.3 is 24.4 Å². The summed E-state index contributed by atoms with van der Waals surface area (Å²) in [7, 11) is 0. The van der Waals surface area contributed by atoms with Gasteiger partial charge in [-0.25, -0.2) is 19.9 Å². The van der Waals surface area contributed by atoms with Gasteiger partial charge in [0.15, 0.2) is 0 Å². The van der Waals surface area contributed by atoms with E-state index in [2.05, 4.69) is 26.9 Å². The predicted octanol–water partition coefficient (Wildman–Crippen LogP) is 1.47. The number of aromatic nitrogens is 1. The standard InChI is InChI=1S/C23H27N5O5/c1-2-27-10-5-15-3-4-16(13-19(15)27)21-24-25-23(33-21,18(22(31)32)14-20(29)30)28-12-11-26-8-6-17(28)7-9-26/h3-5,10,13-14,17,25H,2,6-9,11-12H2,1H3,(H,29,30)(H,31,32). The van der Waals surface area contributed by atoms with Crippen LogP contribution in [0.1, 0.15) is 25.3 Å². The van der Waals surface area contributed by atoms with Crippen LogP contribution in [-0.4, -0.2) is 80.5 Å². The van der Waals surface area contributed by atoms with Crippen LogP contribution in [0.3, 0.4) is 0 Å². The van der Waals surface area contributed by atoms with Gasteiger partial charge in [0.2, 0.25) is 5.90 Å². The van der Waals surface area contributed by atoms with E-state index in [4.69, 9.17) is 4.74 Å². The number of piperidine rings is 1. The average Bonchev–Trinajstić information content (AvgIpc) is 3.31. The Morgan fingerprint density at radius 3 is 2.70 bits per heavy atom. The first-order chi connectivity index (χ1) is 15.9. The van der Waals surface area contributed by atoms with Gasteiger partial charge in [0.25, 0.3) is 5.85 Å². The van der Waals surface area contributed by atoms with Crippen LogP contribution in [-0.2, 0) is 20.9 Å². The Morgan fingerprint density at radius 2 is 2.00 bits per heavy atom. The zero-order valence-electron chi connectivity index (χ0n) is 18.4. The molecule has 2 aromatic rings. The minimum atomic E-state index is -1.70. The molecule has 2 bridgehead atoms. The van der Waals surface area contributed by atoms with Crippen molar-refractivity contribution in [1.82, 2.24) is 19.8 Å². The number of nitrogens with zero attached hydrogens (tertiary/aromatic N) is 4. The van der Waals surface area contributed by atoms with Crippen molar-refractivity contribution in [2.24, 2.45) is 5.10 Å². The summed E-state index contributed by atoms with van der Waals surface area (Å²) in [6.07, 6.45) is 4.41. The lowest BCUT2D eigenvalue weighted by Gasteiger charge is -2.43. The Morgan fingerprint density at radius 1 is 1.21 bits per heavy atom. The molecule has 1 unspecified atom stereocenters. The molecule has 4 aliphatic heterocycles. The van der Waals surface area contributed by atoms with Gasteiger partial charge in [0.05, 0.1) is 0 Å². The molecule has 33 heavy (non-hydrogen) atoms. The number of aliphatic carboxylic acids is 2. The van der Waals surface area contributed by atoms with Crippen LogP contribution >= 0.6 is 0 Å². The van der Waals surface area contributed by atoms with Crippen molar-refractivity contribution >= 4 is 28.7 Å². The third kappa shape index (κ3) is 3.65. The van der Waals surface area contributed by atoms with Gasteiger partial charge in [-0.15, -0.1) is 5.10 Å². The van der Waals surface area contributed by atoms with E-state index < -0.39 is 23.4 Å². The Kier molecular flexibility index (Phi) is 5.34. The Bertz CT molecular complexity index is 1160. The summed E-state index contributed by atoms with van der Waals surface area (Å²) in [5.74, 6) is -4.18. The van der Waals surface area contributed by atoms with Crippen LogP contribution in [0.4, 0.5) is 0 Å². The Balaban J connectivity index is 1.57. The number of carboxylic acid groups (broad SMARTS) is 2. The van der Waals surface area contributed by atoms with Gasteiger partial charge in [-0.05, 0) is 56.4 Å². The largest absolute Gasteiger partial charge is 0.478 e. The molecule has 10 nitrogen and oxygen atoms in total. The second-order valence-electron chi connectivity index (χ2n) is 8.62. The van der Waals surface area contributed by atoms with Gasteiger partial charge in [0, 0.05) is 49.0 Å². The van der Waals surface area contributed by atoms with E-state index >= 15 is 0 Å². The number of rotatable bonds is 6. The number of hydrazone groups is 1. The highest BCUT2D eigenvalue weighted by molar-refractivity contribution is 6.01. The molecule has 174 valence electrons. The highest BCUT2D eigenvalue weighted by atomic mass is 16.6. The normalized spacial score (nSPS) is 27.7. The van der Waals surface area contributed by atoms with Crippen molar-refractivity contribution in [3.05, 3.63) is 47.7 Å². The summed E-state index contributed by atoms with van der Waals surface area (Å²) in [5.41, 5.74) is 4.22. The first kappa shape index (κ1) is 21.5. The van der Waals surface area contributed by atoms with Gasteiger partial charge in [-0.2, -0.15) is 0 Å². The van der Waals surface area contributed by atoms with E-state index in [0.29, 0.717) is 18.2 Å². The second-order valence-corrected chi connectivity index (χ2v) is 8.62. The van der Waals surface area contributed by atoms with Crippen LogP contribution in [0, 0.1) is 0 Å². The quantitative estimate of drug-likeness (QED) is 0.563. The number of ether oxygens (including phenoxy) is 1. The lowest BCUT2D eigenvalue weighted by atomic mass is 10.0. The minimum absolute atomic E-state index is 0.0437. The molecule has 5 heterocycles. The van der Waals surface area contributed by atoms with Crippen LogP contribution in [0.25, 0.3) is 10.9 Å². The number of aryl methyl sites for hydroxylation is 1. The smallest absolute Gasteiger partial charge is 0.339 e.